The first-order valence-electron chi connectivity index (χ1n) is 11.1. The number of rotatable bonds is 3. The number of phenols is 1. The van der Waals surface area contributed by atoms with Crippen LogP contribution >= 0.6 is 0 Å². The first-order chi connectivity index (χ1) is 15.8. The predicted molar refractivity (Wildman–Crippen MR) is 129 cm³/mol. The number of halogens is 1. The number of fused-ring (bicyclic) bond motifs is 3. The van der Waals surface area contributed by atoms with E-state index in [0.717, 1.165) is 27.6 Å². The molecule has 0 spiro atoms. The van der Waals surface area contributed by atoms with Crippen LogP contribution in [0.4, 0.5) is 4.39 Å². The van der Waals surface area contributed by atoms with Crippen molar-refractivity contribution in [2.45, 2.75) is 42.2 Å². The molecule has 4 aromatic carbocycles. The summed E-state index contributed by atoms with van der Waals surface area (Å²) < 4.78 is 41.8. The van der Waals surface area contributed by atoms with Gasteiger partial charge in [-0.2, -0.15) is 0 Å². The third-order valence-electron chi connectivity index (χ3n) is 6.87. The molecule has 1 aliphatic carbocycles. The molecular weight excluding hydrogens is 435 g/mol. The molecular formula is C28H25FO3S. The fraction of sp³-hybridized carbons (Fsp3) is 0.214. The van der Waals surface area contributed by atoms with Crippen LogP contribution in [0, 0.1) is 12.7 Å². The molecule has 0 bridgehead atoms. The van der Waals surface area contributed by atoms with E-state index in [2.05, 4.69) is 0 Å². The zero-order valence-electron chi connectivity index (χ0n) is 18.5. The molecule has 0 unspecified atom stereocenters. The summed E-state index contributed by atoms with van der Waals surface area (Å²) in [5, 5.41) is 11.5. The lowest BCUT2D eigenvalue weighted by Gasteiger charge is -2.38. The third-order valence-corrected chi connectivity index (χ3v) is 9.06. The van der Waals surface area contributed by atoms with Crippen LogP contribution in [0.5, 0.6) is 5.75 Å². The summed E-state index contributed by atoms with van der Waals surface area (Å²) in [6.07, 6.45) is 0.406. The predicted octanol–water partition coefficient (Wildman–Crippen LogP) is 6.47. The quantitative estimate of drug-likeness (QED) is 0.381. The molecule has 0 heterocycles. The van der Waals surface area contributed by atoms with Gasteiger partial charge in [0, 0.05) is 11.3 Å². The van der Waals surface area contributed by atoms with E-state index in [9.17, 15) is 17.9 Å². The number of benzene rings is 4. The lowest BCUT2D eigenvalue weighted by atomic mass is 9.72. The molecule has 1 aliphatic rings. The summed E-state index contributed by atoms with van der Waals surface area (Å²) in [6.45, 7) is 3.93. The summed E-state index contributed by atoms with van der Waals surface area (Å²) in [4.78, 5) is 0.295. The van der Waals surface area contributed by atoms with E-state index >= 15 is 0 Å². The Labute approximate surface area is 193 Å². The van der Waals surface area contributed by atoms with E-state index in [0.29, 0.717) is 16.7 Å². The number of hydrogen-bond acceptors (Lipinski definition) is 3. The van der Waals surface area contributed by atoms with Crippen molar-refractivity contribution in [3.8, 4) is 5.75 Å². The largest absolute Gasteiger partial charge is 0.507 e. The van der Waals surface area contributed by atoms with Gasteiger partial charge < -0.3 is 5.11 Å². The molecule has 3 nitrogen and oxygen atoms in total. The molecule has 5 rings (SSSR count). The van der Waals surface area contributed by atoms with Crippen molar-refractivity contribution < 1.29 is 17.9 Å². The van der Waals surface area contributed by atoms with Crippen molar-refractivity contribution in [2.24, 2.45) is 0 Å². The second-order valence-electron chi connectivity index (χ2n) is 9.01. The Bertz CT molecular complexity index is 1440. The van der Waals surface area contributed by atoms with Gasteiger partial charge in [0.15, 0.2) is 9.84 Å². The highest BCUT2D eigenvalue weighted by molar-refractivity contribution is 7.92. The van der Waals surface area contributed by atoms with E-state index in [1.54, 1.807) is 30.3 Å². The van der Waals surface area contributed by atoms with Crippen molar-refractivity contribution in [3.63, 3.8) is 0 Å². The maximum absolute atomic E-state index is 14.0. The smallest absolute Gasteiger partial charge is 0.182 e. The second-order valence-corrected chi connectivity index (χ2v) is 11.2. The minimum atomic E-state index is -3.70. The van der Waals surface area contributed by atoms with Crippen molar-refractivity contribution in [1.82, 2.24) is 0 Å². The van der Waals surface area contributed by atoms with Gasteiger partial charge in [0.05, 0.1) is 10.1 Å². The Morgan fingerprint density at radius 1 is 0.909 bits per heavy atom. The standard InChI is InChI=1S/C28H25FO3S/c1-17-7-13-21(14-8-17)33(31,32)26-15-18(2)24-16-25(30)22-5-3-4-6-23(22)28(24)27(26)19-9-11-20(29)12-10-19/h3-14,16,18,26-27,30H,15H2,1-2H3/t18-,26+,27-/m1/s1. The molecule has 168 valence electrons. The van der Waals surface area contributed by atoms with Crippen molar-refractivity contribution in [1.29, 1.82) is 0 Å². The molecule has 0 radical (unpaired) electrons. The van der Waals surface area contributed by atoms with Gasteiger partial charge in [-0.3, -0.25) is 0 Å². The molecule has 0 fully saturated rings. The molecule has 0 aliphatic heterocycles. The average Bonchev–Trinajstić information content (AvgIpc) is 2.80. The average molecular weight is 461 g/mol. The Hall–Kier alpha value is -3.18. The molecule has 0 saturated carbocycles. The van der Waals surface area contributed by atoms with Crippen molar-refractivity contribution >= 4 is 20.6 Å². The molecule has 4 aromatic rings. The number of phenolic OH excluding ortho intramolecular Hbond substituents is 1. The monoisotopic (exact) mass is 460 g/mol. The van der Waals surface area contributed by atoms with Crippen LogP contribution in [-0.4, -0.2) is 18.8 Å². The van der Waals surface area contributed by atoms with Gasteiger partial charge in [-0.15, -0.1) is 0 Å². The summed E-state index contributed by atoms with van der Waals surface area (Å²) in [6, 6.07) is 22.4. The number of hydrogen-bond donors (Lipinski definition) is 1. The van der Waals surface area contributed by atoms with Crippen LogP contribution in [0.1, 0.15) is 47.4 Å². The van der Waals surface area contributed by atoms with Gasteiger partial charge in [0.2, 0.25) is 0 Å². The summed E-state index contributed by atoms with van der Waals surface area (Å²) >= 11 is 0. The van der Waals surface area contributed by atoms with Gasteiger partial charge in [-0.1, -0.05) is 61.0 Å². The van der Waals surface area contributed by atoms with E-state index in [1.807, 2.05) is 50.2 Å². The Morgan fingerprint density at radius 3 is 2.21 bits per heavy atom. The van der Waals surface area contributed by atoms with E-state index in [1.165, 1.54) is 12.1 Å². The third kappa shape index (κ3) is 3.61. The van der Waals surface area contributed by atoms with Crippen LogP contribution < -0.4 is 0 Å². The summed E-state index contributed by atoms with van der Waals surface area (Å²) in [5.41, 5.74) is 3.58. The molecule has 0 saturated heterocycles. The SMILES string of the molecule is Cc1ccc(S(=O)(=O)[C@H]2C[C@@H](C)c3cc(O)c4ccccc4c3[C@@H]2c2ccc(F)cc2)cc1. The maximum atomic E-state index is 14.0. The molecule has 5 heteroatoms. The molecule has 1 N–H and O–H groups in total. The lowest BCUT2D eigenvalue weighted by molar-refractivity contribution is 0.474. The minimum Gasteiger partial charge on any atom is -0.507 e. The van der Waals surface area contributed by atoms with Gasteiger partial charge in [0.25, 0.3) is 0 Å². The van der Waals surface area contributed by atoms with Crippen molar-refractivity contribution in [3.05, 3.63) is 107 Å². The fourth-order valence-electron chi connectivity index (χ4n) is 5.21. The number of aryl methyl sites for hydroxylation is 1. The Morgan fingerprint density at radius 2 is 1.55 bits per heavy atom. The van der Waals surface area contributed by atoms with Gasteiger partial charge >= 0.3 is 0 Å². The fourth-order valence-corrected chi connectivity index (χ4v) is 7.27. The highest BCUT2D eigenvalue weighted by atomic mass is 32.2. The first-order valence-corrected chi connectivity index (χ1v) is 12.6. The molecule has 3 atom stereocenters. The number of aromatic hydroxyl groups is 1. The lowest BCUT2D eigenvalue weighted by Crippen LogP contribution is -2.35. The number of sulfone groups is 1. The van der Waals surface area contributed by atoms with Gasteiger partial charge in [-0.05, 0) is 71.7 Å². The highest BCUT2D eigenvalue weighted by Crippen LogP contribution is 2.50. The second kappa shape index (κ2) is 7.99. The van der Waals surface area contributed by atoms with Crippen molar-refractivity contribution in [2.75, 3.05) is 0 Å². The first kappa shape index (κ1) is 21.7. The Kier molecular flexibility index (Phi) is 5.25. The van der Waals surface area contributed by atoms with E-state index in [-0.39, 0.29) is 17.5 Å². The van der Waals surface area contributed by atoms with Gasteiger partial charge in [-0.25, -0.2) is 12.8 Å². The zero-order valence-corrected chi connectivity index (χ0v) is 19.3. The van der Waals surface area contributed by atoms with Crippen LogP contribution in [0.3, 0.4) is 0 Å². The molecule has 33 heavy (non-hydrogen) atoms. The molecule has 0 amide bonds. The zero-order chi connectivity index (χ0) is 23.3. The summed E-state index contributed by atoms with van der Waals surface area (Å²) in [5.74, 6) is -0.739. The minimum absolute atomic E-state index is 0.0718. The highest BCUT2D eigenvalue weighted by Gasteiger charge is 2.43. The van der Waals surface area contributed by atoms with E-state index < -0.39 is 21.0 Å². The Balaban J connectivity index is 1.81. The van der Waals surface area contributed by atoms with Crippen LogP contribution in [0.15, 0.2) is 83.8 Å². The molecule has 0 aromatic heterocycles. The topological polar surface area (TPSA) is 54.4 Å². The van der Waals surface area contributed by atoms with Gasteiger partial charge in [0.1, 0.15) is 11.6 Å². The van der Waals surface area contributed by atoms with Crippen LogP contribution in [0.25, 0.3) is 10.8 Å². The normalized spacial score (nSPS) is 20.5. The van der Waals surface area contributed by atoms with Crippen LogP contribution in [-0.2, 0) is 9.84 Å². The summed E-state index contributed by atoms with van der Waals surface area (Å²) in [7, 11) is -3.70. The van der Waals surface area contributed by atoms with Crippen LogP contribution in [0.2, 0.25) is 0 Å². The maximum Gasteiger partial charge on any atom is 0.182 e. The van der Waals surface area contributed by atoms with E-state index in [4.69, 9.17) is 0 Å².